The Labute approximate surface area is 150 Å². The Morgan fingerprint density at radius 2 is 1.84 bits per heavy atom. The molecule has 2 rings (SSSR count). The topological polar surface area (TPSA) is 60.4 Å². The molecule has 0 bridgehead atoms. The summed E-state index contributed by atoms with van der Waals surface area (Å²) in [4.78, 5) is 2.32. The van der Waals surface area contributed by atoms with Crippen molar-refractivity contribution in [1.29, 1.82) is 0 Å². The molecule has 1 fully saturated rings. The van der Waals surface area contributed by atoms with Crippen LogP contribution in [0.25, 0.3) is 0 Å². The molecule has 1 saturated heterocycles. The van der Waals surface area contributed by atoms with E-state index in [4.69, 9.17) is 18.9 Å². The lowest BCUT2D eigenvalue weighted by molar-refractivity contribution is 0.00369. The van der Waals surface area contributed by atoms with Gasteiger partial charge in [-0.05, 0) is 43.0 Å². The molecule has 0 unspecified atom stereocenters. The first-order chi connectivity index (χ1) is 12.1. The zero-order chi connectivity index (χ0) is 18.2. The molecular weight excluding hydrogens is 322 g/mol. The van der Waals surface area contributed by atoms with Gasteiger partial charge in [0.2, 0.25) is 5.75 Å². The lowest BCUT2D eigenvalue weighted by atomic mass is 10.0. The Morgan fingerprint density at radius 1 is 1.16 bits per heavy atom. The van der Waals surface area contributed by atoms with E-state index in [2.05, 4.69) is 11.8 Å². The van der Waals surface area contributed by atoms with E-state index >= 15 is 0 Å². The summed E-state index contributed by atoms with van der Waals surface area (Å²) >= 11 is 0. The van der Waals surface area contributed by atoms with Crippen LogP contribution in [0, 0.1) is 5.92 Å². The third-order valence-corrected chi connectivity index (χ3v) is 4.51. The highest BCUT2D eigenvalue weighted by Gasteiger charge is 2.19. The van der Waals surface area contributed by atoms with E-state index in [1.54, 1.807) is 21.3 Å². The maximum Gasteiger partial charge on any atom is 0.203 e. The van der Waals surface area contributed by atoms with Crippen molar-refractivity contribution < 1.29 is 24.1 Å². The maximum absolute atomic E-state index is 10.2. The van der Waals surface area contributed by atoms with Crippen LogP contribution in [0.4, 0.5) is 0 Å². The highest BCUT2D eigenvalue weighted by Crippen LogP contribution is 2.38. The van der Waals surface area contributed by atoms with E-state index in [-0.39, 0.29) is 0 Å². The first kappa shape index (κ1) is 19.8. The fourth-order valence-electron chi connectivity index (χ4n) is 3.33. The Bertz CT molecular complexity index is 512. The minimum atomic E-state index is -0.479. The molecule has 1 heterocycles. The molecule has 1 aromatic rings. The van der Waals surface area contributed by atoms with Gasteiger partial charge in [0.15, 0.2) is 11.5 Å². The Morgan fingerprint density at radius 3 is 2.40 bits per heavy atom. The highest BCUT2D eigenvalue weighted by molar-refractivity contribution is 5.53. The first-order valence-electron chi connectivity index (χ1n) is 8.84. The number of methoxy groups -OCH3 is 3. The van der Waals surface area contributed by atoms with Crippen LogP contribution < -0.4 is 14.2 Å². The third-order valence-electron chi connectivity index (χ3n) is 4.51. The standard InChI is InChI=1S/C19H31NO5/c1-14-6-5-7-20(10-14)11-16(21)13-25-12-15-8-17(22-2)19(24-4)18(9-15)23-3/h8-9,14,16,21H,5-7,10-13H2,1-4H3/t14-,16-/m1/s1. The van der Waals surface area contributed by atoms with Gasteiger partial charge in [-0.1, -0.05) is 6.92 Å². The van der Waals surface area contributed by atoms with Gasteiger partial charge in [0.1, 0.15) is 0 Å². The van der Waals surface area contributed by atoms with Gasteiger partial charge in [-0.25, -0.2) is 0 Å². The number of hydrogen-bond acceptors (Lipinski definition) is 6. The van der Waals surface area contributed by atoms with E-state index in [0.29, 0.717) is 42.9 Å². The molecule has 1 aliphatic heterocycles. The predicted molar refractivity (Wildman–Crippen MR) is 96.6 cm³/mol. The number of likely N-dealkylation sites (tertiary alicyclic amines) is 1. The molecule has 0 aliphatic carbocycles. The number of nitrogens with zero attached hydrogens (tertiary/aromatic N) is 1. The van der Waals surface area contributed by atoms with Gasteiger partial charge >= 0.3 is 0 Å². The summed E-state index contributed by atoms with van der Waals surface area (Å²) < 4.78 is 21.7. The maximum atomic E-state index is 10.2. The van der Waals surface area contributed by atoms with Crippen molar-refractivity contribution in [2.75, 3.05) is 47.6 Å². The fourth-order valence-corrected chi connectivity index (χ4v) is 3.33. The molecule has 0 saturated carbocycles. The van der Waals surface area contributed by atoms with Crippen molar-refractivity contribution in [2.24, 2.45) is 5.92 Å². The summed E-state index contributed by atoms with van der Waals surface area (Å²) in [5.74, 6) is 2.47. The molecule has 0 radical (unpaired) electrons. The van der Waals surface area contributed by atoms with Crippen molar-refractivity contribution in [2.45, 2.75) is 32.5 Å². The molecule has 1 aliphatic rings. The molecular formula is C19H31NO5. The second-order valence-corrected chi connectivity index (χ2v) is 6.71. The average molecular weight is 353 g/mol. The van der Waals surface area contributed by atoms with Crippen LogP contribution in [-0.2, 0) is 11.3 Å². The molecule has 2 atom stereocenters. The minimum absolute atomic E-state index is 0.307. The van der Waals surface area contributed by atoms with Crippen LogP contribution in [0.1, 0.15) is 25.3 Å². The zero-order valence-electron chi connectivity index (χ0n) is 15.8. The van der Waals surface area contributed by atoms with E-state index in [9.17, 15) is 5.11 Å². The van der Waals surface area contributed by atoms with Crippen molar-refractivity contribution >= 4 is 0 Å². The average Bonchev–Trinajstić information content (AvgIpc) is 2.60. The van der Waals surface area contributed by atoms with E-state index < -0.39 is 6.10 Å². The van der Waals surface area contributed by atoms with Gasteiger partial charge in [0.25, 0.3) is 0 Å². The molecule has 1 aromatic carbocycles. The number of piperidine rings is 1. The van der Waals surface area contributed by atoms with Gasteiger partial charge in [-0.15, -0.1) is 0 Å². The van der Waals surface area contributed by atoms with Crippen LogP contribution in [0.5, 0.6) is 17.2 Å². The summed E-state index contributed by atoms with van der Waals surface area (Å²) in [5.41, 5.74) is 0.910. The Hall–Kier alpha value is -1.50. The number of rotatable bonds is 9. The van der Waals surface area contributed by atoms with Crippen LogP contribution in [0.15, 0.2) is 12.1 Å². The Kier molecular flexibility index (Phi) is 7.81. The van der Waals surface area contributed by atoms with Crippen molar-refractivity contribution in [3.05, 3.63) is 17.7 Å². The predicted octanol–water partition coefficient (Wildman–Crippen LogP) is 2.32. The number of ether oxygens (including phenoxy) is 4. The number of hydrogen-bond donors (Lipinski definition) is 1. The Balaban J connectivity index is 1.84. The van der Waals surface area contributed by atoms with Crippen LogP contribution in [0.2, 0.25) is 0 Å². The molecule has 25 heavy (non-hydrogen) atoms. The van der Waals surface area contributed by atoms with Crippen LogP contribution in [0.3, 0.4) is 0 Å². The molecule has 142 valence electrons. The van der Waals surface area contributed by atoms with Crippen LogP contribution >= 0.6 is 0 Å². The summed E-state index contributed by atoms with van der Waals surface area (Å²) in [6, 6.07) is 3.72. The number of aliphatic hydroxyl groups excluding tert-OH is 1. The fraction of sp³-hybridized carbons (Fsp3) is 0.684. The highest BCUT2D eigenvalue weighted by atomic mass is 16.5. The molecule has 0 amide bonds. The van der Waals surface area contributed by atoms with Gasteiger partial charge in [-0.2, -0.15) is 0 Å². The third kappa shape index (κ3) is 5.76. The quantitative estimate of drug-likeness (QED) is 0.735. The van der Waals surface area contributed by atoms with Crippen LogP contribution in [-0.4, -0.2) is 63.7 Å². The van der Waals surface area contributed by atoms with E-state index in [1.165, 1.54) is 12.8 Å². The normalized spacial score (nSPS) is 19.5. The largest absolute Gasteiger partial charge is 0.493 e. The lowest BCUT2D eigenvalue weighted by Crippen LogP contribution is -2.40. The SMILES string of the molecule is COc1cc(COC[C@H](O)CN2CCC[C@@H](C)C2)cc(OC)c1OC. The number of aliphatic hydroxyl groups is 1. The molecule has 6 heteroatoms. The smallest absolute Gasteiger partial charge is 0.203 e. The minimum Gasteiger partial charge on any atom is -0.493 e. The van der Waals surface area contributed by atoms with Crippen molar-refractivity contribution in [3.63, 3.8) is 0 Å². The monoisotopic (exact) mass is 353 g/mol. The molecule has 6 nitrogen and oxygen atoms in total. The first-order valence-corrected chi connectivity index (χ1v) is 8.84. The zero-order valence-corrected chi connectivity index (χ0v) is 15.8. The number of benzene rings is 1. The summed E-state index contributed by atoms with van der Waals surface area (Å²) in [7, 11) is 4.75. The van der Waals surface area contributed by atoms with Gasteiger partial charge in [-0.3, -0.25) is 0 Å². The van der Waals surface area contributed by atoms with Gasteiger partial charge in [0.05, 0.1) is 40.6 Å². The second-order valence-electron chi connectivity index (χ2n) is 6.71. The van der Waals surface area contributed by atoms with Gasteiger partial charge in [0, 0.05) is 13.1 Å². The number of β-amino-alcohol motifs (C(OH)–C–C–N with tert-alkyl or cyclic N) is 1. The van der Waals surface area contributed by atoms with Crippen molar-refractivity contribution in [1.82, 2.24) is 4.90 Å². The summed E-state index contributed by atoms with van der Waals surface area (Å²) in [6.07, 6.45) is 2.01. The summed E-state index contributed by atoms with van der Waals surface area (Å²) in [6.45, 7) is 5.74. The van der Waals surface area contributed by atoms with E-state index in [0.717, 1.165) is 18.7 Å². The van der Waals surface area contributed by atoms with Gasteiger partial charge < -0.3 is 29.0 Å². The molecule has 0 spiro atoms. The van der Waals surface area contributed by atoms with Crippen molar-refractivity contribution in [3.8, 4) is 17.2 Å². The summed E-state index contributed by atoms with van der Waals surface area (Å²) in [5, 5.41) is 10.2. The van der Waals surface area contributed by atoms with E-state index in [1.807, 2.05) is 12.1 Å². The molecule has 1 N–H and O–H groups in total. The lowest BCUT2D eigenvalue weighted by Gasteiger charge is -2.32. The second kappa shape index (κ2) is 9.85. The molecule has 0 aromatic heterocycles.